The van der Waals surface area contributed by atoms with E-state index in [1.807, 2.05) is 0 Å². The van der Waals surface area contributed by atoms with Gasteiger partial charge in [-0.25, -0.2) is 4.98 Å². The molecule has 0 atom stereocenters. The quantitative estimate of drug-likeness (QED) is 0.483. The summed E-state index contributed by atoms with van der Waals surface area (Å²) in [6.07, 6.45) is -3.98. The molecule has 0 unspecified atom stereocenters. The highest BCUT2D eigenvalue weighted by Gasteiger charge is 2.32. The number of halogens is 4. The Morgan fingerprint density at radius 2 is 1.90 bits per heavy atom. The second-order valence-corrected chi connectivity index (χ2v) is 4.19. The van der Waals surface area contributed by atoms with Crippen LogP contribution in [0.15, 0.2) is 36.5 Å². The van der Waals surface area contributed by atoms with Crippen molar-refractivity contribution in [3.63, 3.8) is 0 Å². The number of nitro groups is 1. The van der Waals surface area contributed by atoms with Gasteiger partial charge in [0.2, 0.25) is 0 Å². The lowest BCUT2D eigenvalue weighted by molar-refractivity contribution is -0.385. The summed E-state index contributed by atoms with van der Waals surface area (Å²) in [5.74, 6) is -0.519. The summed E-state index contributed by atoms with van der Waals surface area (Å²) in [6, 6.07) is 6.20. The summed E-state index contributed by atoms with van der Waals surface area (Å²) in [6.45, 7) is 0. The van der Waals surface area contributed by atoms with E-state index in [0.29, 0.717) is 0 Å². The summed E-state index contributed by atoms with van der Waals surface area (Å²) >= 11 is 5.81. The lowest BCUT2D eigenvalue weighted by atomic mass is 10.1. The zero-order valence-corrected chi connectivity index (χ0v) is 10.9. The molecule has 2 aromatic rings. The molecule has 0 bridgehead atoms. The molecule has 0 N–H and O–H groups in total. The summed E-state index contributed by atoms with van der Waals surface area (Å²) in [5.41, 5.74) is -0.460. The Bertz CT molecular complexity index is 692. The first-order chi connectivity index (χ1) is 9.78. The number of hydrogen-bond donors (Lipinski definition) is 0. The molecule has 0 radical (unpaired) electrons. The van der Waals surface area contributed by atoms with Crippen molar-refractivity contribution in [1.82, 2.24) is 4.98 Å². The third-order valence-corrected chi connectivity index (χ3v) is 2.74. The average molecular weight is 319 g/mol. The number of ether oxygens (including phenoxy) is 1. The fraction of sp³-hybridized carbons (Fsp3) is 0.0833. The van der Waals surface area contributed by atoms with Crippen molar-refractivity contribution in [2.45, 2.75) is 6.36 Å². The van der Waals surface area contributed by atoms with Gasteiger partial charge in [0, 0.05) is 17.2 Å². The summed E-state index contributed by atoms with van der Waals surface area (Å²) in [4.78, 5) is 13.6. The molecule has 110 valence electrons. The Kier molecular flexibility index (Phi) is 3.99. The largest absolute Gasteiger partial charge is 0.573 e. The zero-order chi connectivity index (χ0) is 15.6. The van der Waals surface area contributed by atoms with Crippen LogP contribution in [0.3, 0.4) is 0 Å². The highest BCUT2D eigenvalue weighted by molar-refractivity contribution is 6.32. The number of nitrogens with zero attached hydrogens (tertiary/aromatic N) is 2. The van der Waals surface area contributed by atoms with Gasteiger partial charge in [-0.3, -0.25) is 10.1 Å². The second-order valence-electron chi connectivity index (χ2n) is 3.83. The number of alkyl halides is 3. The third kappa shape index (κ3) is 3.60. The minimum Gasteiger partial charge on any atom is -0.405 e. The monoisotopic (exact) mass is 318 g/mol. The predicted octanol–water partition coefficient (Wildman–Crippen LogP) is 4.21. The number of para-hydroxylation sites is 1. The summed E-state index contributed by atoms with van der Waals surface area (Å²) in [5, 5.41) is 10.6. The first kappa shape index (κ1) is 15.0. The number of hydrogen-bond acceptors (Lipinski definition) is 4. The van der Waals surface area contributed by atoms with Gasteiger partial charge in [-0.15, -0.1) is 13.2 Å². The molecule has 5 nitrogen and oxygen atoms in total. The molecule has 21 heavy (non-hydrogen) atoms. The van der Waals surface area contributed by atoms with Gasteiger partial charge in [0.1, 0.15) is 17.1 Å². The molecule has 1 heterocycles. The summed E-state index contributed by atoms with van der Waals surface area (Å²) < 4.78 is 41.0. The Labute approximate surface area is 121 Å². The van der Waals surface area contributed by atoms with E-state index in [2.05, 4.69) is 9.72 Å². The van der Waals surface area contributed by atoms with E-state index < -0.39 is 22.7 Å². The lowest BCUT2D eigenvalue weighted by Gasteiger charge is -2.13. The van der Waals surface area contributed by atoms with Crippen LogP contribution < -0.4 is 4.74 Å². The highest BCUT2D eigenvalue weighted by atomic mass is 35.5. The van der Waals surface area contributed by atoms with Crippen molar-refractivity contribution in [3.8, 4) is 16.9 Å². The van der Waals surface area contributed by atoms with E-state index in [0.717, 1.165) is 18.3 Å². The molecule has 0 aliphatic heterocycles. The van der Waals surface area contributed by atoms with Gasteiger partial charge in [0.25, 0.3) is 5.69 Å². The van der Waals surface area contributed by atoms with Gasteiger partial charge in [-0.05, 0) is 6.07 Å². The first-order valence-electron chi connectivity index (χ1n) is 5.43. The Morgan fingerprint density at radius 1 is 1.24 bits per heavy atom. The van der Waals surface area contributed by atoms with Crippen LogP contribution in [-0.4, -0.2) is 16.3 Å². The van der Waals surface area contributed by atoms with Crippen LogP contribution in [0.1, 0.15) is 0 Å². The van der Waals surface area contributed by atoms with Crippen LogP contribution in [0.25, 0.3) is 11.1 Å². The molecule has 1 aromatic heterocycles. The van der Waals surface area contributed by atoms with Crippen molar-refractivity contribution >= 4 is 17.3 Å². The van der Waals surface area contributed by atoms with Crippen LogP contribution in [0.5, 0.6) is 5.75 Å². The molecule has 1 aromatic carbocycles. The maximum Gasteiger partial charge on any atom is 0.573 e. The molecule has 2 rings (SSSR count). The molecule has 0 spiro atoms. The minimum absolute atomic E-state index is 0.0225. The van der Waals surface area contributed by atoms with Crippen LogP contribution in [-0.2, 0) is 0 Å². The normalized spacial score (nSPS) is 11.2. The number of benzene rings is 1. The van der Waals surface area contributed by atoms with E-state index >= 15 is 0 Å². The fourth-order valence-electron chi connectivity index (χ4n) is 1.63. The third-order valence-electron chi connectivity index (χ3n) is 2.44. The van der Waals surface area contributed by atoms with E-state index in [-0.39, 0.29) is 16.3 Å². The number of aromatic nitrogens is 1. The Balaban J connectivity index is 2.56. The first-order valence-corrected chi connectivity index (χ1v) is 5.81. The van der Waals surface area contributed by atoms with Crippen LogP contribution >= 0.6 is 11.6 Å². The maximum absolute atomic E-state index is 12.4. The molecular formula is C12H6ClF3N2O3. The molecule has 0 aliphatic carbocycles. The molecular weight excluding hydrogens is 313 g/mol. The lowest BCUT2D eigenvalue weighted by Crippen LogP contribution is -2.17. The van der Waals surface area contributed by atoms with Gasteiger partial charge < -0.3 is 4.74 Å². The van der Waals surface area contributed by atoms with E-state index in [1.165, 1.54) is 18.2 Å². The van der Waals surface area contributed by atoms with Gasteiger partial charge in [0.05, 0.1) is 4.92 Å². The Hall–Kier alpha value is -2.35. The van der Waals surface area contributed by atoms with E-state index in [9.17, 15) is 23.3 Å². The van der Waals surface area contributed by atoms with Gasteiger partial charge >= 0.3 is 6.36 Å². The van der Waals surface area contributed by atoms with Gasteiger partial charge in [-0.2, -0.15) is 0 Å². The molecule has 0 fully saturated rings. The number of rotatable bonds is 3. The van der Waals surface area contributed by atoms with Crippen LogP contribution in [0, 0.1) is 10.1 Å². The smallest absolute Gasteiger partial charge is 0.405 e. The Morgan fingerprint density at radius 3 is 2.52 bits per heavy atom. The van der Waals surface area contributed by atoms with Crippen LogP contribution in [0.2, 0.25) is 5.15 Å². The van der Waals surface area contributed by atoms with Gasteiger partial charge in [0.15, 0.2) is 0 Å². The molecule has 0 saturated heterocycles. The highest BCUT2D eigenvalue weighted by Crippen LogP contribution is 2.37. The average Bonchev–Trinajstić information content (AvgIpc) is 2.38. The molecule has 0 aliphatic rings. The van der Waals surface area contributed by atoms with E-state index in [4.69, 9.17) is 11.6 Å². The van der Waals surface area contributed by atoms with Crippen molar-refractivity contribution in [2.24, 2.45) is 0 Å². The summed E-state index contributed by atoms with van der Waals surface area (Å²) in [7, 11) is 0. The number of pyridine rings is 1. The SMILES string of the molecule is O=[N+]([O-])c1cnc(Cl)c(-c2ccccc2OC(F)(F)F)c1. The topological polar surface area (TPSA) is 65.3 Å². The fourth-order valence-corrected chi connectivity index (χ4v) is 1.83. The zero-order valence-electron chi connectivity index (χ0n) is 10.1. The van der Waals surface area contributed by atoms with Gasteiger partial charge in [-0.1, -0.05) is 29.8 Å². The van der Waals surface area contributed by atoms with Crippen molar-refractivity contribution in [1.29, 1.82) is 0 Å². The molecule has 0 amide bonds. The molecule has 9 heteroatoms. The maximum atomic E-state index is 12.4. The standard InChI is InChI=1S/C12H6ClF3N2O3/c13-11-9(5-7(6-17-11)18(19)20)8-3-1-2-4-10(8)21-12(14,15)16/h1-6H. The van der Waals surface area contributed by atoms with Crippen molar-refractivity contribution in [2.75, 3.05) is 0 Å². The van der Waals surface area contributed by atoms with Crippen molar-refractivity contribution < 1.29 is 22.8 Å². The van der Waals surface area contributed by atoms with Crippen molar-refractivity contribution in [3.05, 3.63) is 51.8 Å². The molecule has 0 saturated carbocycles. The second kappa shape index (κ2) is 5.57. The van der Waals surface area contributed by atoms with E-state index in [1.54, 1.807) is 0 Å². The predicted molar refractivity (Wildman–Crippen MR) is 68.0 cm³/mol. The van der Waals surface area contributed by atoms with Crippen LogP contribution in [0.4, 0.5) is 18.9 Å². The minimum atomic E-state index is -4.89.